The summed E-state index contributed by atoms with van der Waals surface area (Å²) >= 11 is 0. The maximum absolute atomic E-state index is 4.98. The van der Waals surface area contributed by atoms with Crippen LogP contribution in [0.15, 0.2) is 5.16 Å². The Kier molecular flexibility index (Phi) is 4.10. The van der Waals surface area contributed by atoms with E-state index in [1.54, 1.807) is 0 Å². The highest BCUT2D eigenvalue weighted by Gasteiger charge is 1.89. The van der Waals surface area contributed by atoms with E-state index in [4.69, 9.17) is 4.84 Å². The normalized spacial score (nSPS) is 12.3. The summed E-state index contributed by atoms with van der Waals surface area (Å²) in [4.78, 5) is 4.98. The molecule has 0 atom stereocenters. The Balaban J connectivity index is 3.43. The molecule has 2 nitrogen and oxygen atoms in total. The van der Waals surface area contributed by atoms with E-state index in [-0.39, 0.29) is 6.10 Å². The molecule has 0 aliphatic heterocycles. The predicted molar refractivity (Wildman–Crippen MR) is 39.6 cm³/mol. The van der Waals surface area contributed by atoms with Crippen LogP contribution in [0.25, 0.3) is 0 Å². The van der Waals surface area contributed by atoms with Gasteiger partial charge in [-0.2, -0.15) is 0 Å². The lowest BCUT2D eigenvalue weighted by atomic mass is 10.3. The van der Waals surface area contributed by atoms with Gasteiger partial charge in [-0.05, 0) is 27.2 Å². The van der Waals surface area contributed by atoms with E-state index in [1.165, 1.54) is 0 Å². The molecule has 0 N–H and O–H groups in total. The molecule has 9 heavy (non-hydrogen) atoms. The van der Waals surface area contributed by atoms with Gasteiger partial charge in [-0.15, -0.1) is 0 Å². The largest absolute Gasteiger partial charge is 0.393 e. The molecule has 0 spiro atoms. The van der Waals surface area contributed by atoms with Gasteiger partial charge >= 0.3 is 0 Å². The minimum absolute atomic E-state index is 0.200. The van der Waals surface area contributed by atoms with Crippen LogP contribution in [0.5, 0.6) is 0 Å². The molecule has 54 valence electrons. The molecule has 0 aromatic heterocycles. The smallest absolute Gasteiger partial charge is 0.122 e. The first kappa shape index (κ1) is 8.47. The van der Waals surface area contributed by atoms with Crippen LogP contribution in [0.3, 0.4) is 0 Å². The molecule has 0 rings (SSSR count). The summed E-state index contributed by atoms with van der Waals surface area (Å²) < 4.78 is 0. The van der Waals surface area contributed by atoms with Gasteiger partial charge in [-0.25, -0.2) is 0 Å². The lowest BCUT2D eigenvalue weighted by molar-refractivity contribution is 0.0854. The van der Waals surface area contributed by atoms with Crippen LogP contribution in [0.1, 0.15) is 34.1 Å². The summed E-state index contributed by atoms with van der Waals surface area (Å²) in [6.45, 7) is 7.95. The van der Waals surface area contributed by atoms with Crippen molar-refractivity contribution in [3.8, 4) is 0 Å². The summed E-state index contributed by atoms with van der Waals surface area (Å²) in [5.41, 5.74) is 1.05. The van der Waals surface area contributed by atoms with Crippen LogP contribution in [0.2, 0.25) is 0 Å². The minimum atomic E-state index is 0.200. The number of hydrogen-bond donors (Lipinski definition) is 0. The van der Waals surface area contributed by atoms with Gasteiger partial charge in [0, 0.05) is 0 Å². The monoisotopic (exact) mass is 129 g/mol. The van der Waals surface area contributed by atoms with E-state index < -0.39 is 0 Å². The quantitative estimate of drug-likeness (QED) is 0.423. The molecule has 0 saturated carbocycles. The van der Waals surface area contributed by atoms with Crippen LogP contribution in [-0.2, 0) is 4.84 Å². The van der Waals surface area contributed by atoms with Gasteiger partial charge < -0.3 is 4.84 Å². The zero-order chi connectivity index (χ0) is 7.28. The number of nitrogens with zero attached hydrogens (tertiary/aromatic N) is 1. The van der Waals surface area contributed by atoms with Crippen molar-refractivity contribution >= 4 is 5.71 Å². The minimum Gasteiger partial charge on any atom is -0.393 e. The van der Waals surface area contributed by atoms with Gasteiger partial charge in [-0.3, -0.25) is 0 Å². The topological polar surface area (TPSA) is 21.6 Å². The van der Waals surface area contributed by atoms with Gasteiger partial charge in [0.25, 0.3) is 0 Å². The third kappa shape index (κ3) is 5.34. The van der Waals surface area contributed by atoms with Gasteiger partial charge in [0.1, 0.15) is 6.10 Å². The van der Waals surface area contributed by atoms with Gasteiger partial charge in [-0.1, -0.05) is 12.1 Å². The molecular formula is C7H15NO. The lowest BCUT2D eigenvalue weighted by Crippen LogP contribution is -1.98. The number of rotatable bonds is 3. The van der Waals surface area contributed by atoms with Gasteiger partial charge in [0.2, 0.25) is 0 Å². The first-order valence-corrected chi connectivity index (χ1v) is 3.36. The molecule has 0 radical (unpaired) electrons. The average Bonchev–Trinajstić information content (AvgIpc) is 1.83. The summed E-state index contributed by atoms with van der Waals surface area (Å²) in [5.74, 6) is 0. The van der Waals surface area contributed by atoms with Crippen molar-refractivity contribution in [1.82, 2.24) is 0 Å². The van der Waals surface area contributed by atoms with E-state index >= 15 is 0 Å². The Morgan fingerprint density at radius 3 is 2.44 bits per heavy atom. The second-order valence-corrected chi connectivity index (χ2v) is 2.33. The fourth-order valence-corrected chi connectivity index (χ4v) is 0.260. The average molecular weight is 129 g/mol. The highest BCUT2D eigenvalue weighted by atomic mass is 16.6. The fourth-order valence-electron chi connectivity index (χ4n) is 0.260. The van der Waals surface area contributed by atoms with Crippen LogP contribution in [0.4, 0.5) is 0 Å². The second kappa shape index (κ2) is 4.36. The van der Waals surface area contributed by atoms with Crippen molar-refractivity contribution in [1.29, 1.82) is 0 Å². The molecular weight excluding hydrogens is 114 g/mol. The maximum atomic E-state index is 4.98. The van der Waals surface area contributed by atoms with Crippen molar-refractivity contribution in [3.63, 3.8) is 0 Å². The highest BCUT2D eigenvalue weighted by molar-refractivity contribution is 5.80. The van der Waals surface area contributed by atoms with E-state index in [0.29, 0.717) is 0 Å². The van der Waals surface area contributed by atoms with Gasteiger partial charge in [0.15, 0.2) is 0 Å². The van der Waals surface area contributed by atoms with E-state index in [9.17, 15) is 0 Å². The van der Waals surface area contributed by atoms with Crippen molar-refractivity contribution in [2.45, 2.75) is 40.2 Å². The molecule has 0 saturated heterocycles. The standard InChI is InChI=1S/C7H15NO/c1-5-7(4)8-9-6(2)3/h6H,5H2,1-4H3/b8-7+. The highest BCUT2D eigenvalue weighted by Crippen LogP contribution is 1.91. The number of hydrogen-bond acceptors (Lipinski definition) is 2. The molecule has 2 heteroatoms. The Hall–Kier alpha value is -0.530. The zero-order valence-electron chi connectivity index (χ0n) is 6.64. The van der Waals surface area contributed by atoms with Crippen LogP contribution >= 0.6 is 0 Å². The Morgan fingerprint density at radius 1 is 1.56 bits per heavy atom. The van der Waals surface area contributed by atoms with Crippen LogP contribution in [-0.4, -0.2) is 11.8 Å². The lowest BCUT2D eigenvalue weighted by Gasteiger charge is -2.01. The third-order valence-corrected chi connectivity index (χ3v) is 0.931. The van der Waals surface area contributed by atoms with E-state index in [0.717, 1.165) is 12.1 Å². The summed E-state index contributed by atoms with van der Waals surface area (Å²) in [7, 11) is 0. The van der Waals surface area contributed by atoms with E-state index in [2.05, 4.69) is 12.1 Å². The van der Waals surface area contributed by atoms with Crippen molar-refractivity contribution in [2.75, 3.05) is 0 Å². The molecule has 0 aliphatic carbocycles. The molecule has 0 heterocycles. The Morgan fingerprint density at radius 2 is 2.11 bits per heavy atom. The molecule has 0 amide bonds. The van der Waals surface area contributed by atoms with Crippen LogP contribution < -0.4 is 0 Å². The SMILES string of the molecule is CC/C(C)=N/OC(C)C. The predicted octanol–water partition coefficient (Wildman–Crippen LogP) is 2.20. The molecule has 0 aromatic rings. The maximum Gasteiger partial charge on any atom is 0.122 e. The van der Waals surface area contributed by atoms with Crippen molar-refractivity contribution in [3.05, 3.63) is 0 Å². The molecule has 0 unspecified atom stereocenters. The Labute approximate surface area is 56.9 Å². The Bertz CT molecular complexity index is 97.1. The number of oxime groups is 1. The first-order valence-electron chi connectivity index (χ1n) is 3.36. The third-order valence-electron chi connectivity index (χ3n) is 0.931. The summed E-state index contributed by atoms with van der Waals surface area (Å²) in [6, 6.07) is 0. The van der Waals surface area contributed by atoms with Crippen molar-refractivity contribution < 1.29 is 4.84 Å². The summed E-state index contributed by atoms with van der Waals surface area (Å²) in [6.07, 6.45) is 1.17. The van der Waals surface area contributed by atoms with Crippen LogP contribution in [0, 0.1) is 0 Å². The molecule has 0 aromatic carbocycles. The zero-order valence-corrected chi connectivity index (χ0v) is 6.64. The van der Waals surface area contributed by atoms with Gasteiger partial charge in [0.05, 0.1) is 5.71 Å². The van der Waals surface area contributed by atoms with Crippen molar-refractivity contribution in [2.24, 2.45) is 5.16 Å². The fraction of sp³-hybridized carbons (Fsp3) is 0.857. The molecule has 0 fully saturated rings. The second-order valence-electron chi connectivity index (χ2n) is 2.33. The van der Waals surface area contributed by atoms with E-state index in [1.807, 2.05) is 20.8 Å². The molecule has 0 bridgehead atoms. The molecule has 0 aliphatic rings. The summed E-state index contributed by atoms with van der Waals surface area (Å²) in [5, 5.41) is 3.86. The first-order chi connectivity index (χ1) is 4.16.